The Bertz CT molecular complexity index is 1510. The van der Waals surface area contributed by atoms with Crippen molar-refractivity contribution in [1.82, 2.24) is 10.2 Å². The van der Waals surface area contributed by atoms with E-state index in [0.29, 0.717) is 0 Å². The predicted molar refractivity (Wildman–Crippen MR) is 173 cm³/mol. The smallest absolute Gasteiger partial charge is 0.325 e. The van der Waals surface area contributed by atoms with Crippen molar-refractivity contribution in [2.24, 2.45) is 0 Å². The number of benzene rings is 4. The molecule has 6 nitrogen and oxygen atoms in total. The van der Waals surface area contributed by atoms with Crippen LogP contribution in [0, 0.1) is 0 Å². The summed E-state index contributed by atoms with van der Waals surface area (Å²) in [6.45, 7) is 4.16. The summed E-state index contributed by atoms with van der Waals surface area (Å²) < 4.78 is 5.66. The monoisotopic (exact) mass is 604 g/mol. The number of hydrogen-bond acceptors (Lipinski definition) is 6. The largest absolute Gasteiger partial charge is 0.451 e. The SMILES string of the molecule is CC1(C)S[C@H](CN2C(=O)CC(c3ccccc3)(c3ccccc3)CC2=O)N[C@H]1C(=O)OC(c1ccccc1)c1ccccc1. The second kappa shape index (κ2) is 12.4. The van der Waals surface area contributed by atoms with Gasteiger partial charge in [0.25, 0.3) is 0 Å². The molecule has 0 spiro atoms. The van der Waals surface area contributed by atoms with Gasteiger partial charge in [-0.05, 0) is 36.1 Å². The third kappa shape index (κ3) is 5.94. The fraction of sp³-hybridized carbons (Fsp3) is 0.270. The molecule has 2 aliphatic rings. The number of thioether (sulfide) groups is 1. The summed E-state index contributed by atoms with van der Waals surface area (Å²) in [7, 11) is 0. The van der Waals surface area contributed by atoms with Crippen molar-refractivity contribution in [2.75, 3.05) is 6.54 Å². The van der Waals surface area contributed by atoms with Crippen LogP contribution in [0.25, 0.3) is 0 Å². The van der Waals surface area contributed by atoms with Crippen LogP contribution >= 0.6 is 11.8 Å². The van der Waals surface area contributed by atoms with Crippen molar-refractivity contribution in [3.63, 3.8) is 0 Å². The normalized spacial score (nSPS) is 20.9. The van der Waals surface area contributed by atoms with Crippen molar-refractivity contribution in [1.29, 1.82) is 0 Å². The highest BCUT2D eigenvalue weighted by atomic mass is 32.2. The van der Waals surface area contributed by atoms with Crippen molar-refractivity contribution in [2.45, 2.75) is 54.4 Å². The third-order valence-corrected chi connectivity index (χ3v) is 10.1. The van der Waals surface area contributed by atoms with Crippen molar-refractivity contribution >= 4 is 29.5 Å². The Morgan fingerprint density at radius 3 is 1.66 bits per heavy atom. The van der Waals surface area contributed by atoms with Gasteiger partial charge in [0.05, 0.1) is 11.9 Å². The fourth-order valence-corrected chi connectivity index (χ4v) is 7.89. The van der Waals surface area contributed by atoms with Gasteiger partial charge in [-0.2, -0.15) is 0 Å². The Morgan fingerprint density at radius 2 is 1.20 bits per heavy atom. The third-order valence-electron chi connectivity index (χ3n) is 8.68. The summed E-state index contributed by atoms with van der Waals surface area (Å²) in [4.78, 5) is 42.6. The van der Waals surface area contributed by atoms with Crippen LogP contribution in [0.2, 0.25) is 0 Å². The molecule has 0 saturated carbocycles. The van der Waals surface area contributed by atoms with Crippen LogP contribution in [-0.2, 0) is 24.5 Å². The molecule has 1 N–H and O–H groups in total. The zero-order valence-electron chi connectivity index (χ0n) is 24.9. The number of hydrogen-bond donors (Lipinski definition) is 1. The fourth-order valence-electron chi connectivity index (χ4n) is 6.43. The van der Waals surface area contributed by atoms with Crippen molar-refractivity contribution < 1.29 is 19.1 Å². The van der Waals surface area contributed by atoms with Crippen LogP contribution in [0.5, 0.6) is 0 Å². The Morgan fingerprint density at radius 1 is 0.773 bits per heavy atom. The summed E-state index contributed by atoms with van der Waals surface area (Å²) in [6, 6.07) is 38.4. The maximum Gasteiger partial charge on any atom is 0.325 e. The van der Waals surface area contributed by atoms with Gasteiger partial charge in [0, 0.05) is 23.0 Å². The lowest BCUT2D eigenvalue weighted by atomic mass is 9.67. The van der Waals surface area contributed by atoms with E-state index in [0.717, 1.165) is 22.3 Å². The van der Waals surface area contributed by atoms with Gasteiger partial charge in [0.15, 0.2) is 6.10 Å². The van der Waals surface area contributed by atoms with E-state index in [9.17, 15) is 14.4 Å². The summed E-state index contributed by atoms with van der Waals surface area (Å²) in [5.74, 6) is -0.798. The topological polar surface area (TPSA) is 75.7 Å². The minimum Gasteiger partial charge on any atom is -0.451 e. The van der Waals surface area contributed by atoms with E-state index in [1.807, 2.05) is 135 Å². The van der Waals surface area contributed by atoms with E-state index in [-0.39, 0.29) is 42.5 Å². The second-order valence-electron chi connectivity index (χ2n) is 12.0. The molecule has 44 heavy (non-hydrogen) atoms. The molecule has 0 bridgehead atoms. The average Bonchev–Trinajstić information content (AvgIpc) is 3.36. The van der Waals surface area contributed by atoms with Crippen LogP contribution in [0.15, 0.2) is 121 Å². The molecule has 4 aromatic rings. The highest BCUT2D eigenvalue weighted by Crippen LogP contribution is 2.44. The Hall–Kier alpha value is -4.20. The Labute approximate surface area is 262 Å². The van der Waals surface area contributed by atoms with Gasteiger partial charge in [-0.3, -0.25) is 24.6 Å². The van der Waals surface area contributed by atoms with Gasteiger partial charge in [0.2, 0.25) is 11.8 Å². The number of esters is 1. The summed E-state index contributed by atoms with van der Waals surface area (Å²) in [5.41, 5.74) is 2.96. The van der Waals surface area contributed by atoms with E-state index >= 15 is 0 Å². The number of ether oxygens (including phenoxy) is 1. The van der Waals surface area contributed by atoms with E-state index in [4.69, 9.17) is 4.74 Å². The molecule has 2 aliphatic heterocycles. The highest BCUT2D eigenvalue weighted by molar-refractivity contribution is 8.01. The number of likely N-dealkylation sites (tertiary alicyclic amines) is 1. The number of nitrogens with zero attached hydrogens (tertiary/aromatic N) is 1. The van der Waals surface area contributed by atoms with E-state index in [1.165, 1.54) is 4.90 Å². The Balaban J connectivity index is 1.19. The number of amides is 2. The molecule has 4 aromatic carbocycles. The van der Waals surface area contributed by atoms with Crippen LogP contribution in [0.3, 0.4) is 0 Å². The number of nitrogens with one attached hydrogen (secondary N) is 1. The number of rotatable bonds is 8. The minimum atomic E-state index is -0.723. The zero-order valence-corrected chi connectivity index (χ0v) is 25.7. The maximum atomic E-state index is 13.8. The number of imide groups is 1. The van der Waals surface area contributed by atoms with Gasteiger partial charge in [-0.15, -0.1) is 11.8 Å². The van der Waals surface area contributed by atoms with Crippen LogP contribution in [0.4, 0.5) is 0 Å². The van der Waals surface area contributed by atoms with Gasteiger partial charge < -0.3 is 4.74 Å². The van der Waals surface area contributed by atoms with Crippen molar-refractivity contribution in [3.8, 4) is 0 Å². The summed E-state index contributed by atoms with van der Waals surface area (Å²) >= 11 is 1.56. The molecule has 2 saturated heterocycles. The van der Waals surface area contributed by atoms with Crippen LogP contribution in [-0.4, -0.2) is 45.4 Å². The van der Waals surface area contributed by atoms with Crippen LogP contribution in [0.1, 0.15) is 55.0 Å². The highest BCUT2D eigenvalue weighted by Gasteiger charge is 2.50. The molecule has 0 unspecified atom stereocenters. The number of piperidine rings is 1. The molecular weight excluding hydrogens is 568 g/mol. The first-order chi connectivity index (χ1) is 21.3. The lowest BCUT2D eigenvalue weighted by Gasteiger charge is -2.41. The zero-order chi connectivity index (χ0) is 30.7. The molecule has 7 heteroatoms. The van der Waals surface area contributed by atoms with Crippen LogP contribution < -0.4 is 5.32 Å². The molecule has 2 amide bonds. The molecule has 2 fully saturated rings. The quantitative estimate of drug-likeness (QED) is 0.189. The standard InChI is InChI=1S/C37H36N2O4S/c1-36(2)34(35(42)43-33(26-15-7-3-8-16-26)27-17-9-4-10-18-27)38-30(44-36)25-39-31(40)23-37(24-32(39)41,28-19-11-5-12-20-28)29-21-13-6-14-22-29/h3-22,30,33-34,38H,23-25H2,1-2H3/t30-,34+/m1/s1. The van der Waals surface area contributed by atoms with E-state index in [2.05, 4.69) is 5.32 Å². The van der Waals surface area contributed by atoms with E-state index < -0.39 is 22.3 Å². The second-order valence-corrected chi connectivity index (χ2v) is 13.9. The molecule has 0 aromatic heterocycles. The summed E-state index contributed by atoms with van der Waals surface area (Å²) in [6.07, 6.45) is -0.176. The van der Waals surface area contributed by atoms with Gasteiger partial charge >= 0.3 is 5.97 Å². The first-order valence-corrected chi connectivity index (χ1v) is 15.8. The molecule has 2 heterocycles. The molecule has 2 atom stereocenters. The molecule has 0 aliphatic carbocycles. The molecule has 224 valence electrons. The van der Waals surface area contributed by atoms with Gasteiger partial charge in [-0.25, -0.2) is 0 Å². The molecular formula is C37H36N2O4S. The number of carbonyl (C=O) groups is 3. The first-order valence-electron chi connectivity index (χ1n) is 15.0. The predicted octanol–water partition coefficient (Wildman–Crippen LogP) is 6.26. The molecule has 0 radical (unpaired) electrons. The molecule has 6 rings (SSSR count). The van der Waals surface area contributed by atoms with Gasteiger partial charge in [-0.1, -0.05) is 121 Å². The summed E-state index contributed by atoms with van der Waals surface area (Å²) in [5, 5.41) is 3.09. The Kier molecular flexibility index (Phi) is 8.43. The number of carbonyl (C=O) groups excluding carboxylic acids is 3. The van der Waals surface area contributed by atoms with E-state index in [1.54, 1.807) is 11.8 Å². The maximum absolute atomic E-state index is 13.8. The van der Waals surface area contributed by atoms with Gasteiger partial charge in [0.1, 0.15) is 6.04 Å². The lowest BCUT2D eigenvalue weighted by molar-refractivity contribution is -0.150. The van der Waals surface area contributed by atoms with Crippen molar-refractivity contribution in [3.05, 3.63) is 144 Å². The minimum absolute atomic E-state index is 0.177. The average molecular weight is 605 g/mol. The lowest BCUT2D eigenvalue weighted by Crippen LogP contribution is -2.54. The first kappa shape index (κ1) is 29.9.